The Morgan fingerprint density at radius 1 is 1.05 bits per heavy atom. The molecule has 0 saturated carbocycles. The SMILES string of the molecule is Cc1ccc(C(=O)NC(C)c2cc(C)ccc2C)c(I)c1. The van der Waals surface area contributed by atoms with E-state index in [1.54, 1.807) is 0 Å². The van der Waals surface area contributed by atoms with Gasteiger partial charge in [0.15, 0.2) is 0 Å². The molecule has 3 heteroatoms. The molecule has 0 bridgehead atoms. The Morgan fingerprint density at radius 3 is 2.33 bits per heavy atom. The molecule has 110 valence electrons. The fourth-order valence-corrected chi connectivity index (χ4v) is 3.30. The van der Waals surface area contributed by atoms with E-state index in [0.29, 0.717) is 0 Å². The maximum absolute atomic E-state index is 12.4. The largest absolute Gasteiger partial charge is 0.345 e. The highest BCUT2D eigenvalue weighted by molar-refractivity contribution is 14.1. The van der Waals surface area contributed by atoms with Crippen molar-refractivity contribution in [1.29, 1.82) is 0 Å². The normalized spacial score (nSPS) is 12.0. The summed E-state index contributed by atoms with van der Waals surface area (Å²) >= 11 is 2.21. The second kappa shape index (κ2) is 6.60. The van der Waals surface area contributed by atoms with Crippen molar-refractivity contribution in [2.45, 2.75) is 33.7 Å². The van der Waals surface area contributed by atoms with Gasteiger partial charge in [0.2, 0.25) is 0 Å². The number of amides is 1. The Labute approximate surface area is 140 Å². The molecule has 1 N–H and O–H groups in total. The van der Waals surface area contributed by atoms with Gasteiger partial charge in [-0.05, 0) is 73.5 Å². The van der Waals surface area contributed by atoms with Crippen LogP contribution in [-0.2, 0) is 0 Å². The zero-order valence-electron chi connectivity index (χ0n) is 12.8. The zero-order chi connectivity index (χ0) is 15.6. The fraction of sp³-hybridized carbons (Fsp3) is 0.278. The predicted octanol–water partition coefficient (Wildman–Crippen LogP) is 4.71. The lowest BCUT2D eigenvalue weighted by atomic mass is 9.99. The van der Waals surface area contributed by atoms with E-state index < -0.39 is 0 Å². The molecule has 2 rings (SSSR count). The number of carbonyl (C=O) groups is 1. The van der Waals surface area contributed by atoms with Gasteiger partial charge in [0.05, 0.1) is 11.6 Å². The van der Waals surface area contributed by atoms with Gasteiger partial charge >= 0.3 is 0 Å². The van der Waals surface area contributed by atoms with Crippen LogP contribution in [0, 0.1) is 24.3 Å². The van der Waals surface area contributed by atoms with Crippen molar-refractivity contribution >= 4 is 28.5 Å². The number of benzene rings is 2. The molecule has 0 saturated heterocycles. The van der Waals surface area contributed by atoms with Crippen LogP contribution in [-0.4, -0.2) is 5.91 Å². The van der Waals surface area contributed by atoms with Crippen LogP contribution in [0.3, 0.4) is 0 Å². The first-order valence-electron chi connectivity index (χ1n) is 7.02. The Kier molecular flexibility index (Phi) is 5.04. The maximum atomic E-state index is 12.4. The van der Waals surface area contributed by atoms with E-state index in [0.717, 1.165) is 9.13 Å². The van der Waals surface area contributed by atoms with Crippen molar-refractivity contribution in [3.05, 3.63) is 67.8 Å². The first kappa shape index (κ1) is 16.0. The molecule has 0 aliphatic rings. The minimum absolute atomic E-state index is 0.00509. The van der Waals surface area contributed by atoms with Gasteiger partial charge in [0.1, 0.15) is 0 Å². The van der Waals surface area contributed by atoms with E-state index in [-0.39, 0.29) is 11.9 Å². The van der Waals surface area contributed by atoms with Crippen molar-refractivity contribution in [2.75, 3.05) is 0 Å². The smallest absolute Gasteiger partial charge is 0.252 e. The molecule has 0 heterocycles. The Morgan fingerprint density at radius 2 is 1.67 bits per heavy atom. The molecule has 2 aromatic carbocycles. The number of rotatable bonds is 3. The Balaban J connectivity index is 2.20. The molecular formula is C18H20INO. The fourth-order valence-electron chi connectivity index (χ4n) is 2.38. The van der Waals surface area contributed by atoms with Crippen molar-refractivity contribution in [3.63, 3.8) is 0 Å². The van der Waals surface area contributed by atoms with Gasteiger partial charge < -0.3 is 5.32 Å². The van der Waals surface area contributed by atoms with E-state index in [1.807, 2.05) is 32.0 Å². The van der Waals surface area contributed by atoms with E-state index in [9.17, 15) is 4.79 Å². The summed E-state index contributed by atoms with van der Waals surface area (Å²) in [4.78, 5) is 12.4. The Hall–Kier alpha value is -1.36. The van der Waals surface area contributed by atoms with Gasteiger partial charge in [-0.25, -0.2) is 0 Å². The number of halogens is 1. The molecule has 2 aromatic rings. The van der Waals surface area contributed by atoms with Gasteiger partial charge in [0, 0.05) is 3.57 Å². The Bertz CT molecular complexity index is 679. The van der Waals surface area contributed by atoms with Crippen molar-refractivity contribution in [2.24, 2.45) is 0 Å². The quantitative estimate of drug-likeness (QED) is 0.753. The predicted molar refractivity (Wildman–Crippen MR) is 95.7 cm³/mol. The highest BCUT2D eigenvalue weighted by Crippen LogP contribution is 2.20. The summed E-state index contributed by atoms with van der Waals surface area (Å²) in [7, 11) is 0. The minimum atomic E-state index is -0.0205. The third-order valence-electron chi connectivity index (χ3n) is 3.62. The van der Waals surface area contributed by atoms with E-state index in [2.05, 4.69) is 60.0 Å². The molecule has 0 fully saturated rings. The molecule has 1 amide bonds. The summed E-state index contributed by atoms with van der Waals surface area (Å²) in [5, 5.41) is 3.10. The molecule has 21 heavy (non-hydrogen) atoms. The number of carbonyl (C=O) groups excluding carboxylic acids is 1. The number of aryl methyl sites for hydroxylation is 3. The van der Waals surface area contributed by atoms with E-state index in [1.165, 1.54) is 22.3 Å². The van der Waals surface area contributed by atoms with Crippen molar-refractivity contribution in [1.82, 2.24) is 5.32 Å². The number of hydrogen-bond donors (Lipinski definition) is 1. The molecule has 0 aromatic heterocycles. The molecule has 0 aliphatic heterocycles. The van der Waals surface area contributed by atoms with E-state index in [4.69, 9.17) is 0 Å². The molecule has 1 unspecified atom stereocenters. The number of nitrogens with one attached hydrogen (secondary N) is 1. The van der Waals surface area contributed by atoms with E-state index >= 15 is 0 Å². The third kappa shape index (κ3) is 3.84. The standard InChI is InChI=1S/C18H20INO/c1-11-5-7-13(3)16(9-11)14(4)20-18(21)15-8-6-12(2)10-17(15)19/h5-10,14H,1-4H3,(H,20,21). The third-order valence-corrected chi connectivity index (χ3v) is 4.51. The summed E-state index contributed by atoms with van der Waals surface area (Å²) in [6.07, 6.45) is 0. The second-order valence-electron chi connectivity index (χ2n) is 5.54. The zero-order valence-corrected chi connectivity index (χ0v) is 15.0. The summed E-state index contributed by atoms with van der Waals surface area (Å²) in [5.41, 5.74) is 5.48. The highest BCUT2D eigenvalue weighted by atomic mass is 127. The summed E-state index contributed by atoms with van der Waals surface area (Å²) in [6.45, 7) is 8.21. The lowest BCUT2D eigenvalue weighted by Crippen LogP contribution is -2.27. The first-order valence-corrected chi connectivity index (χ1v) is 8.10. The average Bonchev–Trinajstić information content (AvgIpc) is 2.41. The second-order valence-corrected chi connectivity index (χ2v) is 6.70. The molecule has 2 nitrogen and oxygen atoms in total. The van der Waals surface area contributed by atoms with Crippen LogP contribution in [0.1, 0.15) is 45.6 Å². The summed E-state index contributed by atoms with van der Waals surface area (Å²) < 4.78 is 0.985. The van der Waals surface area contributed by atoms with Crippen LogP contribution in [0.5, 0.6) is 0 Å². The number of hydrogen-bond acceptors (Lipinski definition) is 1. The van der Waals surface area contributed by atoms with Gasteiger partial charge in [0.25, 0.3) is 5.91 Å². The molecule has 0 spiro atoms. The topological polar surface area (TPSA) is 29.1 Å². The van der Waals surface area contributed by atoms with Crippen LogP contribution in [0.4, 0.5) is 0 Å². The van der Waals surface area contributed by atoms with Gasteiger partial charge in [-0.15, -0.1) is 0 Å². The van der Waals surface area contributed by atoms with Crippen LogP contribution in [0.15, 0.2) is 36.4 Å². The van der Waals surface area contributed by atoms with Gasteiger partial charge in [-0.1, -0.05) is 35.4 Å². The summed E-state index contributed by atoms with van der Waals surface area (Å²) in [6, 6.07) is 12.2. The van der Waals surface area contributed by atoms with Crippen LogP contribution < -0.4 is 5.32 Å². The lowest BCUT2D eigenvalue weighted by molar-refractivity contribution is 0.0939. The van der Waals surface area contributed by atoms with Crippen LogP contribution >= 0.6 is 22.6 Å². The average molecular weight is 393 g/mol. The molecule has 0 radical (unpaired) electrons. The van der Waals surface area contributed by atoms with Crippen molar-refractivity contribution < 1.29 is 4.79 Å². The highest BCUT2D eigenvalue weighted by Gasteiger charge is 2.15. The van der Waals surface area contributed by atoms with Gasteiger partial charge in [-0.3, -0.25) is 4.79 Å². The molecule has 0 aliphatic carbocycles. The lowest BCUT2D eigenvalue weighted by Gasteiger charge is -2.18. The molecule has 1 atom stereocenters. The van der Waals surface area contributed by atoms with Crippen LogP contribution in [0.25, 0.3) is 0 Å². The maximum Gasteiger partial charge on any atom is 0.252 e. The van der Waals surface area contributed by atoms with Crippen molar-refractivity contribution in [3.8, 4) is 0 Å². The summed E-state index contributed by atoms with van der Waals surface area (Å²) in [5.74, 6) is -0.0205. The molecular weight excluding hydrogens is 373 g/mol. The van der Waals surface area contributed by atoms with Gasteiger partial charge in [-0.2, -0.15) is 0 Å². The monoisotopic (exact) mass is 393 g/mol. The minimum Gasteiger partial charge on any atom is -0.345 e. The van der Waals surface area contributed by atoms with Crippen LogP contribution in [0.2, 0.25) is 0 Å². The first-order chi connectivity index (χ1) is 9.88.